The molecule has 0 fully saturated rings. The number of ketones is 1. The Bertz CT molecular complexity index is 933. The van der Waals surface area contributed by atoms with Crippen LogP contribution >= 0.6 is 11.6 Å². The van der Waals surface area contributed by atoms with Crippen molar-refractivity contribution in [1.82, 2.24) is 5.32 Å². The summed E-state index contributed by atoms with van der Waals surface area (Å²) >= 11 is 6.47. The Kier molecular flexibility index (Phi) is 6.13. The molecular weight excluding hydrogens is 394 g/mol. The fraction of sp³-hybridized carbons (Fsp3) is 0.409. The van der Waals surface area contributed by atoms with Crippen molar-refractivity contribution in [3.8, 4) is 0 Å². The van der Waals surface area contributed by atoms with Crippen molar-refractivity contribution in [2.75, 3.05) is 13.7 Å². The van der Waals surface area contributed by atoms with Crippen molar-refractivity contribution >= 4 is 29.3 Å². The molecule has 0 radical (unpaired) electrons. The van der Waals surface area contributed by atoms with E-state index >= 15 is 0 Å². The van der Waals surface area contributed by atoms with Crippen LogP contribution < -0.4 is 5.32 Å². The third-order valence-electron chi connectivity index (χ3n) is 5.45. The van der Waals surface area contributed by atoms with E-state index in [0.717, 1.165) is 0 Å². The largest absolute Gasteiger partial charge is 0.468 e. The van der Waals surface area contributed by atoms with Crippen molar-refractivity contribution in [2.24, 2.45) is 11.8 Å². The lowest BCUT2D eigenvalue weighted by atomic mass is 9.69. The molecule has 0 bridgehead atoms. The summed E-state index contributed by atoms with van der Waals surface area (Å²) in [7, 11) is 1.27. The van der Waals surface area contributed by atoms with Gasteiger partial charge >= 0.3 is 11.9 Å². The highest BCUT2D eigenvalue weighted by Crippen LogP contribution is 2.46. The molecule has 6 nitrogen and oxygen atoms in total. The van der Waals surface area contributed by atoms with E-state index in [1.54, 1.807) is 38.1 Å². The zero-order valence-corrected chi connectivity index (χ0v) is 17.6. The molecule has 1 aliphatic carbocycles. The molecular formula is C22H24ClNO5. The number of hydrogen-bond acceptors (Lipinski definition) is 6. The summed E-state index contributed by atoms with van der Waals surface area (Å²) in [5, 5.41) is 3.64. The van der Waals surface area contributed by atoms with Crippen molar-refractivity contribution in [1.29, 1.82) is 0 Å². The van der Waals surface area contributed by atoms with Crippen LogP contribution in [0.5, 0.6) is 0 Å². The molecule has 0 saturated heterocycles. The summed E-state index contributed by atoms with van der Waals surface area (Å²) in [6.45, 7) is 5.54. The fourth-order valence-electron chi connectivity index (χ4n) is 4.18. The van der Waals surface area contributed by atoms with Crippen LogP contribution in [-0.4, -0.2) is 31.4 Å². The molecule has 0 saturated carbocycles. The minimum absolute atomic E-state index is 0.201. The SMILES string of the molecule is CCOC(=O)C1=C(C)NC2=C(C(=O)[C@@H](C(=O)OC)[C@@H](C)C2)[C@H]1c1ccccc1Cl. The van der Waals surface area contributed by atoms with Crippen molar-refractivity contribution in [3.05, 3.63) is 57.4 Å². The Morgan fingerprint density at radius 3 is 2.59 bits per heavy atom. The molecule has 29 heavy (non-hydrogen) atoms. The molecule has 7 heteroatoms. The van der Waals surface area contributed by atoms with Crippen LogP contribution in [-0.2, 0) is 23.9 Å². The minimum atomic E-state index is -0.924. The smallest absolute Gasteiger partial charge is 0.336 e. The quantitative estimate of drug-likeness (QED) is 0.596. The average Bonchev–Trinajstić information content (AvgIpc) is 2.67. The van der Waals surface area contributed by atoms with E-state index in [0.29, 0.717) is 39.5 Å². The van der Waals surface area contributed by atoms with Gasteiger partial charge in [0, 0.05) is 27.9 Å². The molecule has 3 atom stereocenters. The molecule has 0 spiro atoms. The summed E-state index contributed by atoms with van der Waals surface area (Å²) in [6, 6.07) is 7.08. The number of rotatable bonds is 4. The number of allylic oxidation sites excluding steroid dienone is 3. The van der Waals surface area contributed by atoms with Gasteiger partial charge in [-0.15, -0.1) is 0 Å². The zero-order valence-electron chi connectivity index (χ0n) is 16.9. The second kappa shape index (κ2) is 8.41. The number of carbonyl (C=O) groups is 3. The van der Waals surface area contributed by atoms with Crippen LogP contribution in [0.25, 0.3) is 0 Å². The third kappa shape index (κ3) is 3.69. The Hall–Kier alpha value is -2.60. The molecule has 0 amide bonds. The summed E-state index contributed by atoms with van der Waals surface area (Å²) in [5.41, 5.74) is 2.64. The Labute approximate surface area is 174 Å². The number of halogens is 1. The van der Waals surface area contributed by atoms with E-state index in [4.69, 9.17) is 21.1 Å². The van der Waals surface area contributed by atoms with Gasteiger partial charge in [0.25, 0.3) is 0 Å². The summed E-state index contributed by atoms with van der Waals surface area (Å²) in [5.74, 6) is -3.31. The van der Waals surface area contributed by atoms with Gasteiger partial charge in [0.1, 0.15) is 5.92 Å². The number of carbonyl (C=O) groups excluding carboxylic acids is 3. The van der Waals surface area contributed by atoms with Gasteiger partial charge in [-0.1, -0.05) is 36.7 Å². The third-order valence-corrected chi connectivity index (χ3v) is 5.80. The number of benzene rings is 1. The van der Waals surface area contributed by atoms with Gasteiger partial charge in [0.15, 0.2) is 5.78 Å². The first-order valence-corrected chi connectivity index (χ1v) is 9.93. The van der Waals surface area contributed by atoms with E-state index in [-0.39, 0.29) is 18.3 Å². The predicted molar refractivity (Wildman–Crippen MR) is 108 cm³/mol. The monoisotopic (exact) mass is 417 g/mol. The maximum absolute atomic E-state index is 13.5. The summed E-state index contributed by atoms with van der Waals surface area (Å²) in [6.07, 6.45) is 0.481. The topological polar surface area (TPSA) is 81.7 Å². The molecule has 3 rings (SSSR count). The lowest BCUT2D eigenvalue weighted by Gasteiger charge is -2.38. The number of dihydropyridines is 1. The van der Waals surface area contributed by atoms with E-state index in [9.17, 15) is 14.4 Å². The maximum atomic E-state index is 13.5. The van der Waals surface area contributed by atoms with Crippen molar-refractivity contribution < 1.29 is 23.9 Å². The normalized spacial score (nSPS) is 24.0. The summed E-state index contributed by atoms with van der Waals surface area (Å²) < 4.78 is 10.1. The van der Waals surface area contributed by atoms with Crippen LogP contribution in [0.4, 0.5) is 0 Å². The number of ether oxygens (including phenoxy) is 2. The average molecular weight is 418 g/mol. The number of nitrogens with one attached hydrogen (secondary N) is 1. The lowest BCUT2D eigenvalue weighted by Crippen LogP contribution is -2.43. The van der Waals surface area contributed by atoms with Gasteiger partial charge < -0.3 is 14.8 Å². The van der Waals surface area contributed by atoms with Gasteiger partial charge in [-0.05, 0) is 37.8 Å². The van der Waals surface area contributed by atoms with Gasteiger partial charge in [-0.2, -0.15) is 0 Å². The molecule has 1 aromatic rings. The molecule has 154 valence electrons. The van der Waals surface area contributed by atoms with Crippen LogP contribution in [0, 0.1) is 11.8 Å². The first kappa shape index (κ1) is 21.1. The van der Waals surface area contributed by atoms with Crippen LogP contribution in [0.2, 0.25) is 5.02 Å². The van der Waals surface area contributed by atoms with Gasteiger partial charge in [-0.3, -0.25) is 9.59 Å². The predicted octanol–water partition coefficient (Wildman–Crippen LogP) is 3.52. The first-order valence-electron chi connectivity index (χ1n) is 9.56. The molecule has 0 aromatic heterocycles. The molecule has 1 aromatic carbocycles. The maximum Gasteiger partial charge on any atom is 0.336 e. The highest BCUT2D eigenvalue weighted by atomic mass is 35.5. The Balaban J connectivity index is 2.21. The molecule has 1 N–H and O–H groups in total. The fourth-order valence-corrected chi connectivity index (χ4v) is 4.42. The number of methoxy groups -OCH3 is 1. The molecule has 2 aliphatic rings. The van der Waals surface area contributed by atoms with Crippen LogP contribution in [0.3, 0.4) is 0 Å². The number of esters is 2. The summed E-state index contributed by atoms with van der Waals surface area (Å²) in [4.78, 5) is 38.7. The second-order valence-electron chi connectivity index (χ2n) is 7.28. The van der Waals surface area contributed by atoms with Gasteiger partial charge in [0.05, 0.1) is 19.3 Å². The van der Waals surface area contributed by atoms with E-state index in [1.807, 2.05) is 6.92 Å². The second-order valence-corrected chi connectivity index (χ2v) is 7.68. The van der Waals surface area contributed by atoms with Gasteiger partial charge in [0.2, 0.25) is 0 Å². The van der Waals surface area contributed by atoms with E-state index in [2.05, 4.69) is 5.32 Å². The number of hydrogen-bond donors (Lipinski definition) is 1. The van der Waals surface area contributed by atoms with Gasteiger partial charge in [-0.25, -0.2) is 4.79 Å². The highest BCUT2D eigenvalue weighted by molar-refractivity contribution is 6.31. The van der Waals surface area contributed by atoms with E-state index in [1.165, 1.54) is 7.11 Å². The minimum Gasteiger partial charge on any atom is -0.468 e. The molecule has 0 unspecified atom stereocenters. The standard InChI is InChI=1S/C22H24ClNO5/c1-5-29-22(27)17-12(3)24-15-10-11(2)16(21(26)28-4)20(25)19(15)18(17)13-8-6-7-9-14(13)23/h6-9,11,16,18,24H,5,10H2,1-4H3/t11-,16-,18-/m0/s1. The van der Waals surface area contributed by atoms with Crippen LogP contribution in [0.1, 0.15) is 38.7 Å². The number of Topliss-reactive ketones (excluding diaryl/α,β-unsaturated/α-hetero) is 1. The van der Waals surface area contributed by atoms with Crippen LogP contribution in [0.15, 0.2) is 46.8 Å². The Morgan fingerprint density at radius 1 is 1.28 bits per heavy atom. The molecule has 1 aliphatic heterocycles. The zero-order chi connectivity index (χ0) is 21.3. The molecule has 1 heterocycles. The first-order chi connectivity index (χ1) is 13.8. The highest BCUT2D eigenvalue weighted by Gasteiger charge is 2.47. The van der Waals surface area contributed by atoms with Crippen molar-refractivity contribution in [2.45, 2.75) is 33.1 Å². The lowest BCUT2D eigenvalue weighted by molar-refractivity contribution is -0.151. The Morgan fingerprint density at radius 2 is 1.97 bits per heavy atom. The van der Waals surface area contributed by atoms with Crippen molar-refractivity contribution in [3.63, 3.8) is 0 Å². The van der Waals surface area contributed by atoms with E-state index < -0.39 is 23.8 Å².